The molecule has 0 bridgehead atoms. The van der Waals surface area contributed by atoms with Crippen LogP contribution in [0.15, 0.2) is 11.8 Å². The molecule has 6 unspecified atom stereocenters. The summed E-state index contributed by atoms with van der Waals surface area (Å²) in [7, 11) is 0. The molecule has 4 heteroatoms. The highest BCUT2D eigenvalue weighted by atomic mass is 16.5. The number of hydrogen-bond acceptors (Lipinski definition) is 3. The second kappa shape index (κ2) is 9.44. The smallest absolute Gasteiger partial charge is 0.298 e. The van der Waals surface area contributed by atoms with Crippen LogP contribution >= 0.6 is 0 Å². The molecule has 0 spiro atoms. The maximum atomic E-state index is 13.1. The van der Waals surface area contributed by atoms with Crippen LogP contribution in [0.3, 0.4) is 0 Å². The van der Waals surface area contributed by atoms with Crippen LogP contribution in [0, 0.1) is 34.5 Å². The first kappa shape index (κ1) is 24.9. The normalized spacial score (nSPS) is 37.7. The van der Waals surface area contributed by atoms with Gasteiger partial charge >= 0.3 is 0 Å². The Labute approximate surface area is 184 Å². The lowest BCUT2D eigenvalue weighted by atomic mass is 9.50. The van der Waals surface area contributed by atoms with Crippen molar-refractivity contribution < 1.29 is 14.3 Å². The van der Waals surface area contributed by atoms with Crippen molar-refractivity contribution in [2.75, 3.05) is 0 Å². The highest BCUT2D eigenvalue weighted by Gasteiger charge is 2.59. The number of rotatable bonds is 5. The van der Waals surface area contributed by atoms with E-state index in [2.05, 4.69) is 52.9 Å². The Kier molecular flexibility index (Phi) is 7.85. The van der Waals surface area contributed by atoms with E-state index in [1.54, 1.807) is 0 Å². The van der Waals surface area contributed by atoms with Gasteiger partial charge in [-0.3, -0.25) is 9.59 Å². The third-order valence-electron chi connectivity index (χ3n) is 8.15. The third kappa shape index (κ3) is 4.48. The van der Waals surface area contributed by atoms with Gasteiger partial charge in [-0.2, -0.15) is 0 Å². The van der Waals surface area contributed by atoms with E-state index in [1.807, 2.05) is 13.8 Å². The van der Waals surface area contributed by atoms with E-state index in [9.17, 15) is 9.59 Å². The predicted octanol–water partition coefficient (Wildman–Crippen LogP) is 6.25. The van der Waals surface area contributed by atoms with Crippen LogP contribution in [0.2, 0.25) is 0 Å². The van der Waals surface area contributed by atoms with Gasteiger partial charge < -0.3 is 10.1 Å². The Balaban J connectivity index is 0.00000155. The van der Waals surface area contributed by atoms with Gasteiger partial charge in [-0.05, 0) is 88.5 Å². The molecular weight excluding hydrogens is 374 g/mol. The summed E-state index contributed by atoms with van der Waals surface area (Å²) in [6, 6.07) is 0. The second-order valence-corrected chi connectivity index (χ2v) is 11.0. The number of ether oxygens (including phenoxy) is 1. The maximum absolute atomic E-state index is 13.1. The molecule has 0 aliphatic heterocycles. The summed E-state index contributed by atoms with van der Waals surface area (Å²) in [5.41, 5.74) is -0.163. The van der Waals surface area contributed by atoms with Crippen LogP contribution in [0.4, 0.5) is 0 Å². The molecule has 30 heavy (non-hydrogen) atoms. The summed E-state index contributed by atoms with van der Waals surface area (Å²) in [5.74, 6) is 2.94. The summed E-state index contributed by atoms with van der Waals surface area (Å²) in [5, 5.41) is 3.24. The molecule has 2 saturated carbocycles. The summed E-state index contributed by atoms with van der Waals surface area (Å²) in [6.45, 7) is 17.7. The number of carbonyl (C=O) groups is 2. The van der Waals surface area contributed by atoms with Crippen molar-refractivity contribution in [1.29, 1.82) is 0 Å². The molecule has 1 amide bonds. The van der Waals surface area contributed by atoms with E-state index in [0.717, 1.165) is 50.7 Å². The lowest BCUT2D eigenvalue weighted by Gasteiger charge is -2.55. The quantitative estimate of drug-likeness (QED) is 0.536. The molecule has 3 rings (SSSR count). The average molecular weight is 420 g/mol. The lowest BCUT2D eigenvalue weighted by Crippen LogP contribution is -2.52. The van der Waals surface area contributed by atoms with Gasteiger partial charge in [0.15, 0.2) is 0 Å². The van der Waals surface area contributed by atoms with Crippen LogP contribution in [-0.2, 0) is 14.3 Å². The Hall–Kier alpha value is -1.32. The van der Waals surface area contributed by atoms with E-state index in [4.69, 9.17) is 4.74 Å². The molecule has 3 aliphatic carbocycles. The van der Waals surface area contributed by atoms with Gasteiger partial charge in [-0.1, -0.05) is 41.0 Å². The highest BCUT2D eigenvalue weighted by Crippen LogP contribution is 2.65. The van der Waals surface area contributed by atoms with E-state index < -0.39 is 0 Å². The molecular formula is C26H45NO3. The molecule has 1 N–H and O–H groups in total. The Bertz CT molecular complexity index is 649. The zero-order valence-corrected chi connectivity index (χ0v) is 20.6. The molecule has 2 fully saturated rings. The largest absolute Gasteiger partial charge is 0.433 e. The van der Waals surface area contributed by atoms with Crippen molar-refractivity contribution in [3.8, 4) is 0 Å². The highest BCUT2D eigenvalue weighted by molar-refractivity contribution is 5.80. The summed E-state index contributed by atoms with van der Waals surface area (Å²) < 4.78 is 5.47. The predicted molar refractivity (Wildman–Crippen MR) is 123 cm³/mol. The van der Waals surface area contributed by atoms with E-state index in [0.29, 0.717) is 24.2 Å². The fourth-order valence-electron chi connectivity index (χ4n) is 7.02. The van der Waals surface area contributed by atoms with Gasteiger partial charge in [0.2, 0.25) is 5.91 Å². The van der Waals surface area contributed by atoms with Crippen molar-refractivity contribution in [3.05, 3.63) is 11.8 Å². The molecule has 0 radical (unpaired) electrons. The van der Waals surface area contributed by atoms with Crippen LogP contribution in [0.5, 0.6) is 0 Å². The van der Waals surface area contributed by atoms with E-state index >= 15 is 0 Å². The Morgan fingerprint density at radius 2 is 1.87 bits per heavy atom. The Morgan fingerprint density at radius 1 is 1.20 bits per heavy atom. The molecule has 3 aliphatic rings. The zero-order valence-electron chi connectivity index (χ0n) is 20.6. The fraction of sp³-hybridized carbons (Fsp3) is 0.846. The summed E-state index contributed by atoms with van der Waals surface area (Å²) in [6.07, 6.45) is 9.63. The molecule has 0 saturated heterocycles. The van der Waals surface area contributed by atoms with Crippen molar-refractivity contribution in [2.45, 2.75) is 106 Å². The number of hydrogen-bond donors (Lipinski definition) is 1. The minimum Gasteiger partial charge on any atom is -0.433 e. The standard InChI is InChI=1S/C24H39NO3.C2H6/c1-7-13-24(6)18-12-14-23(5)17(16(18)8-11-20(24)28-15-26)9-10-19(23)21(27)25-22(2,3)4;1-2/h11,15-19H,7-10,12-14H2,1-6H3,(H,25,27);1-2H3. The fourth-order valence-corrected chi connectivity index (χ4v) is 7.02. The monoisotopic (exact) mass is 419 g/mol. The molecule has 6 atom stereocenters. The SMILES string of the molecule is CC.CCCC1(C)C(OC=O)=CCC2C1CCC1(C)C(C(=O)NC(C)(C)C)CCC21. The van der Waals surface area contributed by atoms with Gasteiger partial charge in [0.25, 0.3) is 6.47 Å². The first-order valence-corrected chi connectivity index (χ1v) is 12.2. The molecule has 0 aromatic heterocycles. The van der Waals surface area contributed by atoms with Crippen molar-refractivity contribution in [3.63, 3.8) is 0 Å². The third-order valence-corrected chi connectivity index (χ3v) is 8.15. The molecule has 0 heterocycles. The van der Waals surface area contributed by atoms with Gasteiger partial charge in [0, 0.05) is 16.9 Å². The lowest BCUT2D eigenvalue weighted by molar-refractivity contribution is -0.136. The van der Waals surface area contributed by atoms with Crippen LogP contribution in [-0.4, -0.2) is 17.9 Å². The molecule has 172 valence electrons. The van der Waals surface area contributed by atoms with Crippen molar-refractivity contribution in [2.24, 2.45) is 34.5 Å². The number of amides is 1. The number of fused-ring (bicyclic) bond motifs is 3. The van der Waals surface area contributed by atoms with Crippen LogP contribution in [0.1, 0.15) is 100 Å². The average Bonchev–Trinajstić information content (AvgIpc) is 3.02. The summed E-state index contributed by atoms with van der Waals surface area (Å²) in [4.78, 5) is 24.1. The van der Waals surface area contributed by atoms with Crippen molar-refractivity contribution in [1.82, 2.24) is 5.32 Å². The van der Waals surface area contributed by atoms with Crippen molar-refractivity contribution >= 4 is 12.4 Å². The number of allylic oxidation sites excluding steroid dienone is 2. The van der Waals surface area contributed by atoms with Gasteiger partial charge in [-0.15, -0.1) is 0 Å². The minimum absolute atomic E-state index is 0.0638. The first-order valence-electron chi connectivity index (χ1n) is 12.2. The zero-order chi connectivity index (χ0) is 22.7. The summed E-state index contributed by atoms with van der Waals surface area (Å²) >= 11 is 0. The van der Waals surface area contributed by atoms with Crippen LogP contribution < -0.4 is 5.32 Å². The van der Waals surface area contributed by atoms with Crippen LogP contribution in [0.25, 0.3) is 0 Å². The minimum atomic E-state index is -0.183. The maximum Gasteiger partial charge on any atom is 0.298 e. The molecule has 0 aromatic carbocycles. The van der Waals surface area contributed by atoms with E-state index in [1.165, 1.54) is 0 Å². The topological polar surface area (TPSA) is 55.4 Å². The Morgan fingerprint density at radius 3 is 2.43 bits per heavy atom. The number of carbonyl (C=O) groups excluding carboxylic acids is 2. The number of nitrogens with one attached hydrogen (secondary N) is 1. The van der Waals surface area contributed by atoms with E-state index in [-0.39, 0.29) is 28.2 Å². The first-order chi connectivity index (χ1) is 14.1. The van der Waals surface area contributed by atoms with Gasteiger partial charge in [-0.25, -0.2) is 0 Å². The molecule has 0 aromatic rings. The molecule has 4 nitrogen and oxygen atoms in total. The second-order valence-electron chi connectivity index (χ2n) is 11.0. The van der Waals surface area contributed by atoms with Gasteiger partial charge in [0.05, 0.1) is 0 Å². The van der Waals surface area contributed by atoms with Gasteiger partial charge in [0.1, 0.15) is 5.76 Å².